The van der Waals surface area contributed by atoms with Crippen LogP contribution in [0.25, 0.3) is 11.4 Å². The van der Waals surface area contributed by atoms with Gasteiger partial charge in [0.05, 0.1) is 12.3 Å². The van der Waals surface area contributed by atoms with E-state index in [-0.39, 0.29) is 30.6 Å². The van der Waals surface area contributed by atoms with Crippen molar-refractivity contribution in [1.82, 2.24) is 15.0 Å². The van der Waals surface area contributed by atoms with Gasteiger partial charge in [-0.15, -0.1) is 12.4 Å². The zero-order valence-electron chi connectivity index (χ0n) is 13.0. The second kappa shape index (κ2) is 8.21. The third-order valence-electron chi connectivity index (χ3n) is 4.02. The van der Waals surface area contributed by atoms with Crippen LogP contribution in [0.5, 0.6) is 0 Å². The zero-order valence-corrected chi connectivity index (χ0v) is 13.8. The van der Waals surface area contributed by atoms with Crippen LogP contribution in [0.3, 0.4) is 0 Å². The van der Waals surface area contributed by atoms with Gasteiger partial charge >= 0.3 is 5.97 Å². The lowest BCUT2D eigenvalue weighted by molar-refractivity contribution is -0.137. The Hall–Kier alpha value is -1.99. The largest absolute Gasteiger partial charge is 0.481 e. The molecule has 1 aromatic carbocycles. The lowest BCUT2D eigenvalue weighted by Gasteiger charge is -2.30. The predicted octanol–water partition coefficient (Wildman–Crippen LogP) is 2.95. The molecule has 0 radical (unpaired) electrons. The van der Waals surface area contributed by atoms with Crippen molar-refractivity contribution in [2.24, 2.45) is 0 Å². The quantitative estimate of drug-likeness (QED) is 0.888. The Labute approximate surface area is 145 Å². The Morgan fingerprint density at radius 1 is 1.46 bits per heavy atom. The van der Waals surface area contributed by atoms with Crippen LogP contribution in [0.1, 0.15) is 31.1 Å². The first-order valence-corrected chi connectivity index (χ1v) is 7.65. The van der Waals surface area contributed by atoms with E-state index in [1.165, 1.54) is 12.1 Å². The summed E-state index contributed by atoms with van der Waals surface area (Å²) in [6.45, 7) is 2.11. The number of hydrogen-bond acceptors (Lipinski definition) is 5. The summed E-state index contributed by atoms with van der Waals surface area (Å²) >= 11 is 0. The number of benzene rings is 1. The molecule has 1 aromatic heterocycles. The van der Waals surface area contributed by atoms with Gasteiger partial charge in [-0.05, 0) is 31.5 Å². The number of hydrogen-bond donors (Lipinski definition) is 1. The van der Waals surface area contributed by atoms with Gasteiger partial charge in [0, 0.05) is 18.7 Å². The van der Waals surface area contributed by atoms with Crippen molar-refractivity contribution in [3.63, 3.8) is 0 Å². The minimum absolute atomic E-state index is 0. The molecular formula is C16H19ClFN3O3. The molecule has 1 aliphatic heterocycles. The van der Waals surface area contributed by atoms with Crippen LogP contribution in [0.15, 0.2) is 28.8 Å². The normalized spacial score (nSPS) is 18.1. The van der Waals surface area contributed by atoms with Crippen LogP contribution in [-0.4, -0.2) is 45.8 Å². The SMILES string of the molecule is Cl.O=C(O)CCN1CCCC(c2nc(-c3cccc(F)c3)no2)C1. The van der Waals surface area contributed by atoms with Gasteiger partial charge in [-0.1, -0.05) is 17.3 Å². The Bertz CT molecular complexity index is 695. The smallest absolute Gasteiger partial charge is 0.304 e. The summed E-state index contributed by atoms with van der Waals surface area (Å²) in [5, 5.41) is 12.7. The van der Waals surface area contributed by atoms with Crippen molar-refractivity contribution < 1.29 is 18.8 Å². The number of piperidine rings is 1. The molecule has 8 heteroatoms. The maximum absolute atomic E-state index is 13.3. The minimum atomic E-state index is -0.793. The molecule has 1 aliphatic rings. The fourth-order valence-electron chi connectivity index (χ4n) is 2.86. The number of aromatic nitrogens is 2. The van der Waals surface area contributed by atoms with Crippen LogP contribution in [0.4, 0.5) is 4.39 Å². The van der Waals surface area contributed by atoms with E-state index >= 15 is 0 Å². The molecule has 1 N–H and O–H groups in total. The third-order valence-corrected chi connectivity index (χ3v) is 4.02. The van der Waals surface area contributed by atoms with Gasteiger partial charge in [-0.25, -0.2) is 4.39 Å². The van der Waals surface area contributed by atoms with E-state index in [0.717, 1.165) is 19.4 Å². The molecular weight excluding hydrogens is 337 g/mol. The Morgan fingerprint density at radius 3 is 3.04 bits per heavy atom. The van der Waals surface area contributed by atoms with Gasteiger partial charge in [0.1, 0.15) is 5.82 Å². The Balaban J connectivity index is 0.00000208. The van der Waals surface area contributed by atoms with E-state index < -0.39 is 5.97 Å². The zero-order chi connectivity index (χ0) is 16.2. The van der Waals surface area contributed by atoms with Crippen molar-refractivity contribution in [3.8, 4) is 11.4 Å². The van der Waals surface area contributed by atoms with Crippen LogP contribution in [0.2, 0.25) is 0 Å². The van der Waals surface area contributed by atoms with Crippen molar-refractivity contribution in [1.29, 1.82) is 0 Å². The van der Waals surface area contributed by atoms with Crippen LogP contribution in [0, 0.1) is 5.82 Å². The van der Waals surface area contributed by atoms with Gasteiger partial charge in [-0.2, -0.15) is 4.98 Å². The molecule has 1 saturated heterocycles. The van der Waals surface area contributed by atoms with E-state index in [0.29, 0.717) is 30.4 Å². The molecule has 0 aliphatic carbocycles. The van der Waals surface area contributed by atoms with Gasteiger partial charge in [-0.3, -0.25) is 4.79 Å². The third kappa shape index (κ3) is 4.52. The second-order valence-corrected chi connectivity index (χ2v) is 5.75. The van der Waals surface area contributed by atoms with Crippen LogP contribution in [-0.2, 0) is 4.79 Å². The fraction of sp³-hybridized carbons (Fsp3) is 0.438. The van der Waals surface area contributed by atoms with Crippen LogP contribution >= 0.6 is 12.4 Å². The van der Waals surface area contributed by atoms with Gasteiger partial charge < -0.3 is 14.5 Å². The fourth-order valence-corrected chi connectivity index (χ4v) is 2.86. The predicted molar refractivity (Wildman–Crippen MR) is 87.6 cm³/mol. The molecule has 6 nitrogen and oxygen atoms in total. The number of halogens is 2. The molecule has 0 amide bonds. The first kappa shape index (κ1) is 18.4. The molecule has 0 bridgehead atoms. The van der Waals surface area contributed by atoms with E-state index in [1.54, 1.807) is 12.1 Å². The van der Waals surface area contributed by atoms with E-state index in [1.807, 2.05) is 0 Å². The highest BCUT2D eigenvalue weighted by Crippen LogP contribution is 2.27. The van der Waals surface area contributed by atoms with E-state index in [9.17, 15) is 9.18 Å². The number of aliphatic carboxylic acids is 1. The number of likely N-dealkylation sites (tertiary alicyclic amines) is 1. The lowest BCUT2D eigenvalue weighted by Crippen LogP contribution is -2.35. The van der Waals surface area contributed by atoms with Crippen molar-refractivity contribution >= 4 is 18.4 Å². The second-order valence-electron chi connectivity index (χ2n) is 5.75. The molecule has 2 heterocycles. The molecule has 3 rings (SSSR count). The van der Waals surface area contributed by atoms with Crippen molar-refractivity contribution in [3.05, 3.63) is 36.0 Å². The Kier molecular flexibility index (Phi) is 6.28. The number of rotatable bonds is 5. The van der Waals surface area contributed by atoms with Gasteiger partial charge in [0.15, 0.2) is 0 Å². The first-order valence-electron chi connectivity index (χ1n) is 7.65. The molecule has 0 spiro atoms. The maximum atomic E-state index is 13.3. The highest BCUT2D eigenvalue weighted by Gasteiger charge is 2.26. The lowest BCUT2D eigenvalue weighted by atomic mass is 9.98. The van der Waals surface area contributed by atoms with Gasteiger partial charge in [0.25, 0.3) is 0 Å². The summed E-state index contributed by atoms with van der Waals surface area (Å²) in [4.78, 5) is 17.2. The van der Waals surface area contributed by atoms with E-state index in [2.05, 4.69) is 15.0 Å². The average molecular weight is 356 g/mol. The monoisotopic (exact) mass is 355 g/mol. The average Bonchev–Trinajstić information content (AvgIpc) is 3.03. The number of carbonyl (C=O) groups is 1. The highest BCUT2D eigenvalue weighted by molar-refractivity contribution is 5.85. The number of nitrogens with zero attached hydrogens (tertiary/aromatic N) is 3. The molecule has 1 fully saturated rings. The summed E-state index contributed by atoms with van der Waals surface area (Å²) < 4.78 is 18.6. The molecule has 130 valence electrons. The summed E-state index contributed by atoms with van der Waals surface area (Å²) in [6, 6.07) is 6.08. The summed E-state index contributed by atoms with van der Waals surface area (Å²) in [5.41, 5.74) is 0.582. The molecule has 24 heavy (non-hydrogen) atoms. The summed E-state index contributed by atoms with van der Waals surface area (Å²) in [6.07, 6.45) is 2.02. The standard InChI is InChI=1S/C16H18FN3O3.ClH/c17-13-5-1-3-11(9-13)15-18-16(23-19-15)12-4-2-7-20(10-12)8-6-14(21)22;/h1,3,5,9,12H,2,4,6-8,10H2,(H,21,22);1H. The number of carboxylic acids is 1. The molecule has 0 saturated carbocycles. The van der Waals surface area contributed by atoms with Crippen molar-refractivity contribution in [2.45, 2.75) is 25.2 Å². The number of carboxylic acid groups (broad SMARTS) is 1. The molecule has 2 aromatic rings. The highest BCUT2D eigenvalue weighted by atomic mass is 35.5. The van der Waals surface area contributed by atoms with Crippen molar-refractivity contribution in [2.75, 3.05) is 19.6 Å². The molecule has 1 unspecified atom stereocenters. The first-order chi connectivity index (χ1) is 11.1. The molecule has 1 atom stereocenters. The topological polar surface area (TPSA) is 79.5 Å². The van der Waals surface area contributed by atoms with Gasteiger partial charge in [0.2, 0.25) is 11.7 Å². The maximum Gasteiger partial charge on any atom is 0.304 e. The summed E-state index contributed by atoms with van der Waals surface area (Å²) in [7, 11) is 0. The summed E-state index contributed by atoms with van der Waals surface area (Å²) in [5.74, 6) is -0.136. The Morgan fingerprint density at radius 2 is 2.29 bits per heavy atom. The van der Waals surface area contributed by atoms with E-state index in [4.69, 9.17) is 9.63 Å². The minimum Gasteiger partial charge on any atom is -0.481 e. The van der Waals surface area contributed by atoms with Crippen LogP contribution < -0.4 is 0 Å².